The normalized spacial score (nSPS) is 18.2. The zero-order valence-corrected chi connectivity index (χ0v) is 19.3. The van der Waals surface area contributed by atoms with Gasteiger partial charge in [0.2, 0.25) is 0 Å². The Morgan fingerprint density at radius 3 is 2.03 bits per heavy atom. The van der Waals surface area contributed by atoms with Gasteiger partial charge in [0.25, 0.3) is 5.91 Å². The highest BCUT2D eigenvalue weighted by atomic mass is 16.2. The van der Waals surface area contributed by atoms with Crippen molar-refractivity contribution < 1.29 is 14.4 Å². The Kier molecular flexibility index (Phi) is 5.76. The van der Waals surface area contributed by atoms with Crippen molar-refractivity contribution in [2.75, 3.05) is 44.2 Å². The van der Waals surface area contributed by atoms with Gasteiger partial charge in [-0.25, -0.2) is 0 Å². The molecule has 0 spiro atoms. The summed E-state index contributed by atoms with van der Waals surface area (Å²) in [5.74, 6) is -0.0726. The minimum Gasteiger partial charge on any atom is -0.369 e. The fraction of sp³-hybridized carbons (Fsp3) is 0.423. The van der Waals surface area contributed by atoms with Crippen LogP contribution in [0.25, 0.3) is 0 Å². The SMILES string of the molecule is CC(=O)c1cc2c(cc1C(C)=O)CN(CCN1CCN(c3ccc4c(c3)CNC4=O)CC1)C2. The van der Waals surface area contributed by atoms with E-state index >= 15 is 0 Å². The van der Waals surface area contributed by atoms with E-state index in [0.29, 0.717) is 17.7 Å². The largest absolute Gasteiger partial charge is 0.369 e. The quantitative estimate of drug-likeness (QED) is 0.688. The monoisotopic (exact) mass is 446 g/mol. The molecular weight excluding hydrogens is 416 g/mol. The molecule has 33 heavy (non-hydrogen) atoms. The lowest BCUT2D eigenvalue weighted by atomic mass is 9.96. The van der Waals surface area contributed by atoms with Crippen LogP contribution in [0, 0.1) is 0 Å². The molecule has 1 N–H and O–H groups in total. The van der Waals surface area contributed by atoms with Gasteiger partial charge in [-0.2, -0.15) is 0 Å². The lowest BCUT2D eigenvalue weighted by Gasteiger charge is -2.36. The van der Waals surface area contributed by atoms with Crippen LogP contribution >= 0.6 is 0 Å². The molecule has 3 aliphatic heterocycles. The van der Waals surface area contributed by atoms with Crippen molar-refractivity contribution >= 4 is 23.2 Å². The van der Waals surface area contributed by atoms with E-state index in [0.717, 1.165) is 63.5 Å². The zero-order chi connectivity index (χ0) is 23.1. The van der Waals surface area contributed by atoms with E-state index in [1.54, 1.807) is 0 Å². The second-order valence-electron chi connectivity index (χ2n) is 9.34. The number of benzene rings is 2. The Balaban J connectivity index is 1.14. The van der Waals surface area contributed by atoms with Crippen molar-refractivity contribution in [1.29, 1.82) is 0 Å². The average Bonchev–Trinajstić information content (AvgIpc) is 3.39. The van der Waals surface area contributed by atoms with Crippen LogP contribution in [0.4, 0.5) is 5.69 Å². The Morgan fingerprint density at radius 2 is 1.42 bits per heavy atom. The summed E-state index contributed by atoms with van der Waals surface area (Å²) in [7, 11) is 0. The number of amides is 1. The molecule has 0 atom stereocenters. The van der Waals surface area contributed by atoms with Gasteiger partial charge < -0.3 is 10.2 Å². The third-order valence-corrected chi connectivity index (χ3v) is 7.13. The van der Waals surface area contributed by atoms with Crippen LogP contribution in [0.3, 0.4) is 0 Å². The van der Waals surface area contributed by atoms with E-state index in [1.807, 2.05) is 18.2 Å². The van der Waals surface area contributed by atoms with E-state index in [2.05, 4.69) is 32.1 Å². The molecule has 1 saturated heterocycles. The molecule has 7 nitrogen and oxygen atoms in total. The number of piperazine rings is 1. The molecule has 0 aromatic heterocycles. The summed E-state index contributed by atoms with van der Waals surface area (Å²) in [6.45, 7) is 11.3. The number of Topliss-reactive ketones (excluding diaryl/α,β-unsaturated/α-hetero) is 2. The van der Waals surface area contributed by atoms with Gasteiger partial charge in [-0.3, -0.25) is 24.2 Å². The van der Waals surface area contributed by atoms with E-state index < -0.39 is 0 Å². The van der Waals surface area contributed by atoms with Crippen molar-refractivity contribution in [3.05, 3.63) is 63.7 Å². The van der Waals surface area contributed by atoms with Crippen molar-refractivity contribution in [3.8, 4) is 0 Å². The zero-order valence-electron chi connectivity index (χ0n) is 19.3. The van der Waals surface area contributed by atoms with Crippen molar-refractivity contribution in [2.45, 2.75) is 33.5 Å². The number of carbonyl (C=O) groups excluding carboxylic acids is 3. The molecule has 172 valence electrons. The summed E-state index contributed by atoms with van der Waals surface area (Å²) in [4.78, 5) is 43.1. The molecule has 0 unspecified atom stereocenters. The fourth-order valence-electron chi connectivity index (χ4n) is 5.19. The summed E-state index contributed by atoms with van der Waals surface area (Å²) >= 11 is 0. The van der Waals surface area contributed by atoms with Gasteiger partial charge in [0.1, 0.15) is 0 Å². The van der Waals surface area contributed by atoms with E-state index in [-0.39, 0.29) is 17.5 Å². The molecule has 7 heteroatoms. The summed E-state index contributed by atoms with van der Waals surface area (Å²) in [6.07, 6.45) is 0. The summed E-state index contributed by atoms with van der Waals surface area (Å²) < 4.78 is 0. The average molecular weight is 447 g/mol. The molecule has 1 amide bonds. The van der Waals surface area contributed by atoms with Gasteiger partial charge in [-0.1, -0.05) is 0 Å². The number of ketones is 2. The number of carbonyl (C=O) groups is 3. The van der Waals surface area contributed by atoms with Crippen LogP contribution < -0.4 is 10.2 Å². The first kappa shape index (κ1) is 21.8. The van der Waals surface area contributed by atoms with E-state index in [9.17, 15) is 14.4 Å². The molecule has 2 aromatic rings. The Morgan fingerprint density at radius 1 is 0.818 bits per heavy atom. The number of hydrogen-bond acceptors (Lipinski definition) is 6. The number of nitrogens with one attached hydrogen (secondary N) is 1. The van der Waals surface area contributed by atoms with Crippen molar-refractivity contribution in [2.24, 2.45) is 0 Å². The predicted molar refractivity (Wildman–Crippen MR) is 127 cm³/mol. The fourth-order valence-corrected chi connectivity index (χ4v) is 5.19. The topological polar surface area (TPSA) is 73.0 Å². The molecule has 0 saturated carbocycles. The highest BCUT2D eigenvalue weighted by Crippen LogP contribution is 2.27. The van der Waals surface area contributed by atoms with Crippen LogP contribution in [0.1, 0.15) is 61.6 Å². The molecule has 1 fully saturated rings. The van der Waals surface area contributed by atoms with Crippen molar-refractivity contribution in [1.82, 2.24) is 15.1 Å². The molecule has 0 radical (unpaired) electrons. The molecule has 3 heterocycles. The van der Waals surface area contributed by atoms with Crippen LogP contribution in [0.5, 0.6) is 0 Å². The third-order valence-electron chi connectivity index (χ3n) is 7.13. The lowest BCUT2D eigenvalue weighted by Crippen LogP contribution is -2.48. The van der Waals surface area contributed by atoms with Crippen LogP contribution in [0.15, 0.2) is 30.3 Å². The van der Waals surface area contributed by atoms with Gasteiger partial charge in [0, 0.05) is 81.3 Å². The molecule has 2 aromatic carbocycles. The number of rotatable bonds is 6. The summed E-state index contributed by atoms with van der Waals surface area (Å²) in [5.41, 5.74) is 6.52. The first-order chi connectivity index (χ1) is 15.9. The Bertz CT molecular complexity index is 1090. The van der Waals surface area contributed by atoms with Gasteiger partial charge in [-0.05, 0) is 60.9 Å². The van der Waals surface area contributed by atoms with Gasteiger partial charge in [-0.15, -0.1) is 0 Å². The highest BCUT2D eigenvalue weighted by Gasteiger charge is 2.25. The molecule has 3 aliphatic rings. The lowest BCUT2D eigenvalue weighted by molar-refractivity contribution is 0.0964. The smallest absolute Gasteiger partial charge is 0.251 e. The van der Waals surface area contributed by atoms with Gasteiger partial charge in [0.05, 0.1) is 0 Å². The van der Waals surface area contributed by atoms with Crippen LogP contribution in [0.2, 0.25) is 0 Å². The molecule has 0 bridgehead atoms. The van der Waals surface area contributed by atoms with Crippen LogP contribution in [-0.2, 0) is 19.6 Å². The maximum Gasteiger partial charge on any atom is 0.251 e. The Labute approximate surface area is 194 Å². The predicted octanol–water partition coefficient (Wildman–Crippen LogP) is 2.47. The summed E-state index contributed by atoms with van der Waals surface area (Å²) in [6, 6.07) is 10.00. The summed E-state index contributed by atoms with van der Waals surface area (Å²) in [5, 5.41) is 2.89. The number of anilines is 1. The van der Waals surface area contributed by atoms with Gasteiger partial charge in [0.15, 0.2) is 11.6 Å². The molecule has 5 rings (SSSR count). The number of hydrogen-bond donors (Lipinski definition) is 1. The number of nitrogens with zero attached hydrogens (tertiary/aromatic N) is 3. The second-order valence-corrected chi connectivity index (χ2v) is 9.34. The molecule has 0 aliphatic carbocycles. The first-order valence-electron chi connectivity index (χ1n) is 11.7. The number of fused-ring (bicyclic) bond motifs is 2. The Hall–Kier alpha value is -3.03. The van der Waals surface area contributed by atoms with Crippen LogP contribution in [-0.4, -0.2) is 66.5 Å². The first-order valence-corrected chi connectivity index (χ1v) is 11.7. The highest BCUT2D eigenvalue weighted by molar-refractivity contribution is 6.07. The van der Waals surface area contributed by atoms with E-state index in [4.69, 9.17) is 0 Å². The standard InChI is InChI=1S/C26H30N4O3/c1-17(31)24-12-20-15-29(16-21(20)13-25(24)18(2)32)6-5-28-7-9-30(10-8-28)22-3-4-23-19(11-22)14-27-26(23)33/h3-4,11-13H,5-10,14-16H2,1-2H3,(H,27,33). The van der Waals surface area contributed by atoms with E-state index in [1.165, 1.54) is 30.7 Å². The minimum atomic E-state index is -0.0504. The maximum absolute atomic E-state index is 12.0. The van der Waals surface area contributed by atoms with Gasteiger partial charge >= 0.3 is 0 Å². The maximum atomic E-state index is 12.0. The minimum absolute atomic E-state index is 0.0282. The second kappa shape index (κ2) is 8.72. The molecular formula is C26H30N4O3. The van der Waals surface area contributed by atoms with Crippen molar-refractivity contribution in [3.63, 3.8) is 0 Å². The third kappa shape index (κ3) is 4.30.